The fraction of sp³-hybridized carbons (Fsp3) is 0.333. The van der Waals surface area contributed by atoms with Gasteiger partial charge in [-0.05, 0) is 19.1 Å². The highest BCUT2D eigenvalue weighted by atomic mass is 19.4. The minimum Gasteiger partial charge on any atom is -0.374 e. The van der Waals surface area contributed by atoms with Gasteiger partial charge < -0.3 is 9.67 Å². The van der Waals surface area contributed by atoms with E-state index in [1.807, 2.05) is 0 Å². The highest BCUT2D eigenvalue weighted by molar-refractivity contribution is 5.80. The molecule has 2 aromatic heterocycles. The number of hydrogen-bond donors (Lipinski definition) is 3. The van der Waals surface area contributed by atoms with Crippen LogP contribution in [-0.2, 0) is 24.0 Å². The minimum atomic E-state index is -5.16. The molecule has 0 bridgehead atoms. The number of imidazole rings is 1. The van der Waals surface area contributed by atoms with Crippen LogP contribution < -0.4 is 16.4 Å². The van der Waals surface area contributed by atoms with Crippen LogP contribution in [0.25, 0.3) is 10.9 Å². The summed E-state index contributed by atoms with van der Waals surface area (Å²) in [5, 5.41) is 10.6. The van der Waals surface area contributed by atoms with E-state index >= 15 is 0 Å². The highest BCUT2D eigenvalue weighted by Crippen LogP contribution is 2.40. The average molecular weight is 424 g/mol. The molecule has 9 nitrogen and oxygen atoms in total. The van der Waals surface area contributed by atoms with Gasteiger partial charge in [0.15, 0.2) is 5.82 Å². The van der Waals surface area contributed by atoms with Gasteiger partial charge in [-0.1, -0.05) is 12.1 Å². The Labute approximate surface area is 168 Å². The lowest BCUT2D eigenvalue weighted by Crippen LogP contribution is -2.48. The first-order valence-electron chi connectivity index (χ1n) is 8.90. The Morgan fingerprint density at radius 3 is 2.57 bits per heavy atom. The molecule has 1 unspecified atom stereocenters. The number of aliphatic hydroxyl groups is 1. The summed E-state index contributed by atoms with van der Waals surface area (Å²) >= 11 is 0. The summed E-state index contributed by atoms with van der Waals surface area (Å²) in [6.07, 6.45) is -4.20. The van der Waals surface area contributed by atoms with E-state index in [2.05, 4.69) is 20.8 Å². The molecule has 12 heteroatoms. The Kier molecular flexibility index (Phi) is 5.53. The first-order chi connectivity index (χ1) is 14.1. The number of aryl methyl sites for hydroxylation is 1. The van der Waals surface area contributed by atoms with Crippen LogP contribution in [0.15, 0.2) is 41.5 Å². The lowest BCUT2D eigenvalue weighted by Gasteiger charge is -2.29. The van der Waals surface area contributed by atoms with Gasteiger partial charge in [-0.3, -0.25) is 25.0 Å². The van der Waals surface area contributed by atoms with Gasteiger partial charge in [-0.15, -0.1) is 0 Å². The van der Waals surface area contributed by atoms with Gasteiger partial charge in [0.25, 0.3) is 5.56 Å². The first kappa shape index (κ1) is 21.3. The standard InChI is InChI=1S/C18H19F3N6O3/c1-3-27-14(29)11-6-4-5-7-12(11)23-16(27)25-24-13(28)10-17(30,18(19,20)21)15-22-8-9-26(15)2/h4-9,30H,3,10H2,1-2H3,(H,23,25)(H,24,28). The number of halogens is 3. The molecule has 0 spiro atoms. The maximum atomic E-state index is 13.6. The summed E-state index contributed by atoms with van der Waals surface area (Å²) in [5.41, 5.74) is 0.918. The van der Waals surface area contributed by atoms with E-state index in [-0.39, 0.29) is 18.1 Å². The number of fused-ring (bicyclic) bond motifs is 1. The number of alkyl halides is 3. The molecule has 1 atom stereocenters. The van der Waals surface area contributed by atoms with Crippen molar-refractivity contribution in [2.45, 2.75) is 31.7 Å². The lowest BCUT2D eigenvalue weighted by atomic mass is 9.97. The second-order valence-electron chi connectivity index (χ2n) is 6.57. The number of amides is 1. The number of para-hydroxylation sites is 1. The smallest absolute Gasteiger partial charge is 0.374 e. The molecule has 1 aromatic carbocycles. The number of nitrogens with zero attached hydrogens (tertiary/aromatic N) is 4. The van der Waals surface area contributed by atoms with Crippen molar-refractivity contribution < 1.29 is 23.1 Å². The van der Waals surface area contributed by atoms with Crippen LogP contribution in [0.4, 0.5) is 19.1 Å². The fourth-order valence-corrected chi connectivity index (χ4v) is 3.03. The third kappa shape index (κ3) is 3.73. The highest BCUT2D eigenvalue weighted by Gasteiger charge is 2.58. The van der Waals surface area contributed by atoms with Crippen molar-refractivity contribution >= 4 is 22.8 Å². The van der Waals surface area contributed by atoms with Crippen molar-refractivity contribution in [2.75, 3.05) is 5.43 Å². The molecule has 0 saturated heterocycles. The molecule has 2 heterocycles. The molecule has 1 amide bonds. The van der Waals surface area contributed by atoms with Gasteiger partial charge in [0.2, 0.25) is 17.5 Å². The first-order valence-corrected chi connectivity index (χ1v) is 8.90. The van der Waals surface area contributed by atoms with Gasteiger partial charge in [0.05, 0.1) is 17.3 Å². The Balaban J connectivity index is 1.85. The van der Waals surface area contributed by atoms with Gasteiger partial charge in [0.1, 0.15) is 0 Å². The van der Waals surface area contributed by atoms with Crippen LogP contribution in [0.5, 0.6) is 0 Å². The number of carbonyl (C=O) groups excluding carboxylic acids is 1. The summed E-state index contributed by atoms with van der Waals surface area (Å²) in [4.78, 5) is 32.6. The number of nitrogens with one attached hydrogen (secondary N) is 2. The summed E-state index contributed by atoms with van der Waals surface area (Å²) in [6.45, 7) is 1.88. The molecule has 160 valence electrons. The monoisotopic (exact) mass is 424 g/mol. The Bertz CT molecular complexity index is 1140. The van der Waals surface area contributed by atoms with Gasteiger partial charge in [0, 0.05) is 26.0 Å². The van der Waals surface area contributed by atoms with E-state index in [9.17, 15) is 27.9 Å². The molecule has 0 aliphatic rings. The number of anilines is 1. The summed E-state index contributed by atoms with van der Waals surface area (Å²) in [6, 6.07) is 6.53. The zero-order valence-corrected chi connectivity index (χ0v) is 16.1. The molecule has 3 aromatic rings. The SMILES string of the molecule is CCn1c(NNC(=O)CC(O)(c2nccn2C)C(F)(F)F)nc2ccccc2c1=O. The Morgan fingerprint density at radius 2 is 1.97 bits per heavy atom. The maximum Gasteiger partial charge on any atom is 0.425 e. The predicted molar refractivity (Wildman–Crippen MR) is 101 cm³/mol. The van der Waals surface area contributed by atoms with E-state index in [1.165, 1.54) is 17.8 Å². The minimum absolute atomic E-state index is 0.0536. The molecule has 30 heavy (non-hydrogen) atoms. The normalized spacial score (nSPS) is 13.8. The lowest BCUT2D eigenvalue weighted by molar-refractivity contribution is -0.271. The van der Waals surface area contributed by atoms with Gasteiger partial charge >= 0.3 is 6.18 Å². The van der Waals surface area contributed by atoms with Crippen molar-refractivity contribution in [3.05, 3.63) is 52.8 Å². The Morgan fingerprint density at radius 1 is 1.27 bits per heavy atom. The van der Waals surface area contributed by atoms with E-state index in [1.54, 1.807) is 31.2 Å². The van der Waals surface area contributed by atoms with Gasteiger partial charge in [-0.25, -0.2) is 9.97 Å². The van der Waals surface area contributed by atoms with Crippen LogP contribution in [-0.4, -0.2) is 36.3 Å². The number of rotatable bonds is 6. The van der Waals surface area contributed by atoms with Crippen LogP contribution in [0, 0.1) is 0 Å². The van der Waals surface area contributed by atoms with Crippen LogP contribution >= 0.6 is 0 Å². The average Bonchev–Trinajstić information content (AvgIpc) is 3.12. The van der Waals surface area contributed by atoms with Crippen LogP contribution in [0.2, 0.25) is 0 Å². The summed E-state index contributed by atoms with van der Waals surface area (Å²) in [7, 11) is 1.27. The molecule has 3 N–H and O–H groups in total. The van der Waals surface area contributed by atoms with Crippen molar-refractivity contribution in [3.63, 3.8) is 0 Å². The predicted octanol–water partition coefficient (Wildman–Crippen LogP) is 1.43. The number of carbonyl (C=O) groups is 1. The zero-order chi connectivity index (χ0) is 22.1. The van der Waals surface area contributed by atoms with E-state index in [0.29, 0.717) is 10.9 Å². The molecule has 3 rings (SSSR count). The number of aromatic nitrogens is 4. The molecule has 0 aliphatic carbocycles. The quantitative estimate of drug-likeness (QED) is 0.516. The second kappa shape index (κ2) is 7.78. The molecule has 0 radical (unpaired) electrons. The number of benzene rings is 1. The molecular weight excluding hydrogens is 405 g/mol. The van der Waals surface area contributed by atoms with Crippen molar-refractivity contribution in [1.82, 2.24) is 24.5 Å². The van der Waals surface area contributed by atoms with Crippen LogP contribution in [0.3, 0.4) is 0 Å². The molecule has 0 fully saturated rings. The van der Waals surface area contributed by atoms with E-state index in [4.69, 9.17) is 0 Å². The zero-order valence-electron chi connectivity index (χ0n) is 16.1. The summed E-state index contributed by atoms with van der Waals surface area (Å²) < 4.78 is 42.9. The fourth-order valence-electron chi connectivity index (χ4n) is 3.03. The topological polar surface area (TPSA) is 114 Å². The van der Waals surface area contributed by atoms with E-state index < -0.39 is 29.9 Å². The Hall–Kier alpha value is -3.41. The van der Waals surface area contributed by atoms with Crippen molar-refractivity contribution in [1.29, 1.82) is 0 Å². The maximum absolute atomic E-state index is 13.6. The van der Waals surface area contributed by atoms with Gasteiger partial charge in [-0.2, -0.15) is 13.2 Å². The number of hydrazine groups is 1. The molecule has 0 saturated carbocycles. The third-order valence-electron chi connectivity index (χ3n) is 4.57. The third-order valence-corrected chi connectivity index (χ3v) is 4.57. The molecular formula is C18H19F3N6O3. The van der Waals surface area contributed by atoms with E-state index in [0.717, 1.165) is 10.8 Å². The largest absolute Gasteiger partial charge is 0.425 e. The van der Waals surface area contributed by atoms with Crippen molar-refractivity contribution in [3.8, 4) is 0 Å². The summed E-state index contributed by atoms with van der Waals surface area (Å²) in [5.74, 6) is -1.95. The molecule has 0 aliphatic heterocycles. The second-order valence-corrected chi connectivity index (χ2v) is 6.57. The van der Waals surface area contributed by atoms with Crippen molar-refractivity contribution in [2.24, 2.45) is 7.05 Å². The number of hydrogen-bond acceptors (Lipinski definition) is 6. The van der Waals surface area contributed by atoms with Crippen LogP contribution in [0.1, 0.15) is 19.2 Å².